The van der Waals surface area contributed by atoms with E-state index < -0.39 is 11.2 Å². The summed E-state index contributed by atoms with van der Waals surface area (Å²) in [5.74, 6) is -0.931. The van der Waals surface area contributed by atoms with Gasteiger partial charge in [0, 0.05) is 24.7 Å². The van der Waals surface area contributed by atoms with E-state index in [0.717, 1.165) is 24.0 Å². The molecule has 0 aliphatic carbocycles. The monoisotopic (exact) mass is 444 g/mol. The summed E-state index contributed by atoms with van der Waals surface area (Å²) in [5.41, 5.74) is 2.46. The quantitative estimate of drug-likeness (QED) is 0.524. The van der Waals surface area contributed by atoms with Crippen molar-refractivity contribution in [1.29, 1.82) is 0 Å². The molecule has 3 nitrogen and oxygen atoms in total. The Morgan fingerprint density at radius 2 is 1.29 bits per heavy atom. The molecule has 0 spiro atoms. The van der Waals surface area contributed by atoms with Gasteiger partial charge in [-0.25, -0.2) is 21.7 Å². The molecular weight excluding hydrogens is 421 g/mol. The summed E-state index contributed by atoms with van der Waals surface area (Å²) in [4.78, 5) is 0. The first-order valence-corrected chi connectivity index (χ1v) is 11.3. The van der Waals surface area contributed by atoms with Gasteiger partial charge >= 0.3 is 0 Å². The molecule has 1 aliphatic heterocycles. The van der Waals surface area contributed by atoms with Crippen molar-refractivity contribution in [3.8, 4) is 0 Å². The highest BCUT2D eigenvalue weighted by atomic mass is 32.2. The Bertz CT molecular complexity index is 981. The Balaban J connectivity index is 1.56. The highest BCUT2D eigenvalue weighted by Crippen LogP contribution is 2.37. The predicted molar refractivity (Wildman–Crippen MR) is 117 cm³/mol. The van der Waals surface area contributed by atoms with Crippen LogP contribution in [0, 0.1) is 23.4 Å². The van der Waals surface area contributed by atoms with Gasteiger partial charge in [0.25, 0.3) is 0 Å². The van der Waals surface area contributed by atoms with E-state index in [4.69, 9.17) is 0 Å². The molecule has 0 amide bonds. The molecule has 0 saturated carbocycles. The molecule has 1 N–H and O–H groups in total. The van der Waals surface area contributed by atoms with Gasteiger partial charge in [0.1, 0.15) is 17.5 Å². The zero-order chi connectivity index (χ0) is 21.8. The van der Waals surface area contributed by atoms with Crippen LogP contribution in [-0.4, -0.2) is 21.6 Å². The summed E-state index contributed by atoms with van der Waals surface area (Å²) in [6.07, 6.45) is 1.75. The van der Waals surface area contributed by atoms with Gasteiger partial charge in [0.2, 0.25) is 0 Å². The summed E-state index contributed by atoms with van der Waals surface area (Å²) >= 11 is -1.48. The van der Waals surface area contributed by atoms with E-state index in [-0.39, 0.29) is 29.3 Å². The van der Waals surface area contributed by atoms with Crippen molar-refractivity contribution >= 4 is 16.9 Å². The first-order valence-electron chi connectivity index (χ1n) is 10.2. The lowest BCUT2D eigenvalue weighted by atomic mass is 9.77. The van der Waals surface area contributed by atoms with E-state index in [1.807, 2.05) is 4.31 Å². The molecule has 162 valence electrons. The first kappa shape index (κ1) is 21.6. The van der Waals surface area contributed by atoms with Crippen molar-refractivity contribution in [2.24, 2.45) is 5.92 Å². The third-order valence-electron chi connectivity index (χ3n) is 5.63. The number of piperidine rings is 1. The Labute approximate surface area is 182 Å². The highest BCUT2D eigenvalue weighted by molar-refractivity contribution is 7.84. The smallest absolute Gasteiger partial charge is 0.196 e. The van der Waals surface area contributed by atoms with E-state index in [0.29, 0.717) is 18.8 Å². The standard InChI is InChI=1S/C24H23F3N2OS/c25-20-7-3-17(4-8-20)24(18-5-9-21(26)10-6-18)19-2-1-15-29(16-19)31(30)28-23-13-11-22(27)12-14-23/h3-14,19,24,28H,1-2,15-16H2. The molecule has 7 heteroatoms. The van der Waals surface area contributed by atoms with Gasteiger partial charge in [-0.2, -0.15) is 0 Å². The SMILES string of the molecule is O=S(Nc1ccc(F)cc1)N1CCCC(C(c2ccc(F)cc2)c2ccc(F)cc2)C1. The van der Waals surface area contributed by atoms with Crippen LogP contribution in [0.1, 0.15) is 29.9 Å². The second-order valence-corrected chi connectivity index (χ2v) is 8.95. The van der Waals surface area contributed by atoms with Crippen LogP contribution in [0.2, 0.25) is 0 Å². The van der Waals surface area contributed by atoms with E-state index in [9.17, 15) is 17.4 Å². The predicted octanol–water partition coefficient (Wildman–Crippen LogP) is 5.64. The molecule has 0 radical (unpaired) electrons. The minimum atomic E-state index is -1.48. The Hall–Kier alpha value is -2.64. The van der Waals surface area contributed by atoms with E-state index >= 15 is 0 Å². The van der Waals surface area contributed by atoms with Gasteiger partial charge < -0.3 is 0 Å². The van der Waals surface area contributed by atoms with Gasteiger partial charge in [-0.05, 0) is 78.4 Å². The van der Waals surface area contributed by atoms with Crippen molar-refractivity contribution in [3.63, 3.8) is 0 Å². The fraction of sp³-hybridized carbons (Fsp3) is 0.250. The summed E-state index contributed by atoms with van der Waals surface area (Å²) in [6.45, 7) is 1.22. The third-order valence-corrected chi connectivity index (χ3v) is 6.85. The van der Waals surface area contributed by atoms with Crippen molar-refractivity contribution in [2.75, 3.05) is 17.8 Å². The average molecular weight is 445 g/mol. The molecule has 0 bridgehead atoms. The van der Waals surface area contributed by atoms with Crippen LogP contribution in [0.25, 0.3) is 0 Å². The Morgan fingerprint density at radius 1 is 0.806 bits per heavy atom. The summed E-state index contributed by atoms with van der Waals surface area (Å²) in [5, 5.41) is 0. The van der Waals surface area contributed by atoms with Crippen molar-refractivity contribution in [2.45, 2.75) is 18.8 Å². The molecule has 1 aliphatic rings. The van der Waals surface area contributed by atoms with Gasteiger partial charge in [-0.3, -0.25) is 4.72 Å². The summed E-state index contributed by atoms with van der Waals surface area (Å²) < 4.78 is 57.9. The number of rotatable bonds is 6. The number of halogens is 3. The normalized spacial score (nSPS) is 18.1. The number of benzene rings is 3. The maximum Gasteiger partial charge on any atom is 0.196 e. The number of hydrogen-bond donors (Lipinski definition) is 1. The molecule has 2 atom stereocenters. The molecular formula is C24H23F3N2OS. The van der Waals surface area contributed by atoms with E-state index in [1.165, 1.54) is 36.4 Å². The molecule has 0 aromatic heterocycles. The number of anilines is 1. The minimum Gasteiger partial charge on any atom is -0.292 e. The fourth-order valence-electron chi connectivity index (χ4n) is 4.16. The summed E-state index contributed by atoms with van der Waals surface area (Å²) in [7, 11) is 0. The molecule has 3 aromatic carbocycles. The van der Waals surface area contributed by atoms with Crippen LogP contribution in [0.15, 0.2) is 72.8 Å². The van der Waals surface area contributed by atoms with Crippen LogP contribution >= 0.6 is 0 Å². The average Bonchev–Trinajstić information content (AvgIpc) is 2.78. The van der Waals surface area contributed by atoms with E-state index in [1.54, 1.807) is 36.4 Å². The van der Waals surface area contributed by atoms with Gasteiger partial charge in [-0.15, -0.1) is 0 Å². The van der Waals surface area contributed by atoms with Crippen LogP contribution in [0.3, 0.4) is 0 Å². The largest absolute Gasteiger partial charge is 0.292 e. The van der Waals surface area contributed by atoms with Gasteiger partial charge in [0.15, 0.2) is 11.2 Å². The zero-order valence-electron chi connectivity index (χ0n) is 16.8. The van der Waals surface area contributed by atoms with Crippen LogP contribution < -0.4 is 4.72 Å². The second-order valence-electron chi connectivity index (χ2n) is 7.73. The zero-order valence-corrected chi connectivity index (χ0v) is 17.6. The lowest BCUT2D eigenvalue weighted by Crippen LogP contribution is -2.41. The lowest BCUT2D eigenvalue weighted by Gasteiger charge is -2.36. The maximum atomic E-state index is 13.5. The molecule has 1 heterocycles. The first-order chi connectivity index (χ1) is 15.0. The van der Waals surface area contributed by atoms with Crippen LogP contribution in [-0.2, 0) is 11.2 Å². The Kier molecular flexibility index (Phi) is 6.73. The van der Waals surface area contributed by atoms with Crippen molar-refractivity contribution < 1.29 is 17.4 Å². The fourth-order valence-corrected chi connectivity index (χ4v) is 5.25. The number of nitrogens with one attached hydrogen (secondary N) is 1. The minimum absolute atomic E-state index is 0.0770. The molecule has 4 rings (SSSR count). The van der Waals surface area contributed by atoms with Gasteiger partial charge in [-0.1, -0.05) is 24.3 Å². The third kappa shape index (κ3) is 5.35. The Morgan fingerprint density at radius 3 is 1.81 bits per heavy atom. The van der Waals surface area contributed by atoms with Gasteiger partial charge in [0.05, 0.1) is 0 Å². The second kappa shape index (κ2) is 9.66. The molecule has 2 unspecified atom stereocenters. The van der Waals surface area contributed by atoms with Crippen molar-refractivity contribution in [1.82, 2.24) is 4.31 Å². The highest BCUT2D eigenvalue weighted by Gasteiger charge is 2.31. The van der Waals surface area contributed by atoms with Crippen LogP contribution in [0.5, 0.6) is 0 Å². The molecule has 1 fully saturated rings. The number of nitrogens with zero attached hydrogens (tertiary/aromatic N) is 1. The van der Waals surface area contributed by atoms with E-state index in [2.05, 4.69) is 4.72 Å². The summed E-state index contributed by atoms with van der Waals surface area (Å²) in [6, 6.07) is 18.5. The molecule has 3 aromatic rings. The lowest BCUT2D eigenvalue weighted by molar-refractivity contribution is 0.258. The topological polar surface area (TPSA) is 32.3 Å². The number of hydrogen-bond acceptors (Lipinski definition) is 1. The van der Waals surface area contributed by atoms with Crippen LogP contribution in [0.4, 0.5) is 18.9 Å². The molecule has 1 saturated heterocycles. The van der Waals surface area contributed by atoms with Crippen molar-refractivity contribution in [3.05, 3.63) is 101 Å². The maximum absolute atomic E-state index is 13.5. The molecule has 31 heavy (non-hydrogen) atoms.